The number of amides is 2. The molecule has 1 N–H and O–H groups in total. The van der Waals surface area contributed by atoms with Crippen LogP contribution in [0.25, 0.3) is 0 Å². The van der Waals surface area contributed by atoms with Gasteiger partial charge in [0.15, 0.2) is 5.69 Å². The van der Waals surface area contributed by atoms with Gasteiger partial charge in [0.05, 0.1) is 49.9 Å². The number of nitriles is 1. The lowest BCUT2D eigenvalue weighted by molar-refractivity contribution is -0.113. The number of aromatic nitrogens is 2. The number of alkyl halides is 2. The predicted octanol–water partition coefficient (Wildman–Crippen LogP) is 5.08. The number of ether oxygens (including phenoxy) is 2. The van der Waals surface area contributed by atoms with E-state index < -0.39 is 17.7 Å². The third kappa shape index (κ3) is 5.31. The van der Waals surface area contributed by atoms with Gasteiger partial charge in [0.25, 0.3) is 17.7 Å². The number of rotatable bonds is 8. The van der Waals surface area contributed by atoms with Crippen molar-refractivity contribution in [1.82, 2.24) is 14.7 Å². The van der Waals surface area contributed by atoms with Gasteiger partial charge < -0.3 is 19.7 Å². The standard InChI is InChI=1S/C35H32F2N6O4/c1-34(20-47-21-34)19-41-17-28-29(18-41)43-31(27(16-39-43)40-32(44)22-8-13-30(46-2)23(14-22)15-38)33(45)42(28)26-11-9-25(10-12-26)35(36,37)24-6-4-3-5-7-24/h3-14,16,28-29H,17-21H2,1-2H3,(H,40,44)/t28-,29-/m0/s1. The number of fused-ring (bicyclic) bond motifs is 3. The molecule has 12 heteroatoms. The fraction of sp³-hybridized carbons (Fsp3) is 0.314. The predicted molar refractivity (Wildman–Crippen MR) is 169 cm³/mol. The first-order valence-electron chi connectivity index (χ1n) is 15.3. The molecule has 0 unspecified atom stereocenters. The third-order valence-corrected chi connectivity index (χ3v) is 9.18. The van der Waals surface area contributed by atoms with Gasteiger partial charge in [0, 0.05) is 47.4 Å². The van der Waals surface area contributed by atoms with E-state index in [2.05, 4.69) is 22.2 Å². The zero-order chi connectivity index (χ0) is 32.9. The molecule has 4 heterocycles. The molecule has 3 aromatic carbocycles. The van der Waals surface area contributed by atoms with Crippen LogP contribution in [0.4, 0.5) is 20.2 Å². The van der Waals surface area contributed by atoms with Gasteiger partial charge in [0.1, 0.15) is 11.8 Å². The molecule has 4 aromatic rings. The van der Waals surface area contributed by atoms with Gasteiger partial charge in [-0.25, -0.2) is 0 Å². The van der Waals surface area contributed by atoms with Gasteiger partial charge in [-0.3, -0.25) is 19.2 Å². The molecule has 7 rings (SSSR count). The van der Waals surface area contributed by atoms with Crippen molar-refractivity contribution in [2.45, 2.75) is 24.9 Å². The minimum Gasteiger partial charge on any atom is -0.495 e. The van der Waals surface area contributed by atoms with Gasteiger partial charge >= 0.3 is 0 Å². The Morgan fingerprint density at radius 1 is 1.09 bits per heavy atom. The lowest BCUT2D eigenvalue weighted by atomic mass is 9.88. The first kappa shape index (κ1) is 30.5. The van der Waals surface area contributed by atoms with E-state index in [0.29, 0.717) is 37.7 Å². The van der Waals surface area contributed by atoms with Crippen molar-refractivity contribution in [3.8, 4) is 11.8 Å². The quantitative estimate of drug-likeness (QED) is 0.287. The highest BCUT2D eigenvalue weighted by atomic mass is 19.3. The van der Waals surface area contributed by atoms with E-state index in [1.54, 1.807) is 39.9 Å². The summed E-state index contributed by atoms with van der Waals surface area (Å²) in [5, 5.41) is 16.8. The molecule has 0 radical (unpaired) electrons. The Bertz CT molecular complexity index is 1880. The largest absolute Gasteiger partial charge is 0.495 e. The Balaban J connectivity index is 1.23. The normalized spacial score (nSPS) is 20.1. The van der Waals surface area contributed by atoms with E-state index in [1.807, 2.05) is 6.07 Å². The highest BCUT2D eigenvalue weighted by molar-refractivity contribution is 6.13. The molecule has 2 saturated heterocycles. The first-order chi connectivity index (χ1) is 22.6. The topological polar surface area (TPSA) is 113 Å². The minimum absolute atomic E-state index is 0.000270. The molecular formula is C35H32F2N6O4. The zero-order valence-corrected chi connectivity index (χ0v) is 25.8. The lowest BCUT2D eigenvalue weighted by Gasteiger charge is -2.41. The number of halogens is 2. The van der Waals surface area contributed by atoms with E-state index in [0.717, 1.165) is 6.54 Å². The number of hydrogen-bond acceptors (Lipinski definition) is 7. The second-order valence-corrected chi connectivity index (χ2v) is 12.6. The molecule has 2 fully saturated rings. The second kappa shape index (κ2) is 11.6. The Kier molecular flexibility index (Phi) is 7.53. The molecule has 0 bridgehead atoms. The van der Waals surface area contributed by atoms with Crippen LogP contribution in [0, 0.1) is 16.7 Å². The van der Waals surface area contributed by atoms with Crippen LogP contribution in [0.1, 0.15) is 50.5 Å². The van der Waals surface area contributed by atoms with Crippen LogP contribution in [0.3, 0.4) is 0 Å². The van der Waals surface area contributed by atoms with Crippen LogP contribution in [-0.4, -0.2) is 72.5 Å². The van der Waals surface area contributed by atoms with Crippen LogP contribution in [0.2, 0.25) is 0 Å². The monoisotopic (exact) mass is 638 g/mol. The van der Waals surface area contributed by atoms with Crippen LogP contribution < -0.4 is 15.0 Å². The van der Waals surface area contributed by atoms with Gasteiger partial charge in [-0.2, -0.15) is 19.1 Å². The van der Waals surface area contributed by atoms with E-state index >= 15 is 8.78 Å². The number of methoxy groups -OCH3 is 1. The zero-order valence-electron chi connectivity index (χ0n) is 25.8. The van der Waals surface area contributed by atoms with Crippen LogP contribution in [-0.2, 0) is 10.7 Å². The maximum Gasteiger partial charge on any atom is 0.298 e. The van der Waals surface area contributed by atoms with Crippen molar-refractivity contribution in [2.75, 3.05) is 50.2 Å². The number of benzene rings is 3. The number of nitrogens with one attached hydrogen (secondary N) is 1. The van der Waals surface area contributed by atoms with Crippen LogP contribution in [0.5, 0.6) is 5.75 Å². The molecular weight excluding hydrogens is 606 g/mol. The Morgan fingerprint density at radius 2 is 1.79 bits per heavy atom. The van der Waals surface area contributed by atoms with Crippen LogP contribution in [0.15, 0.2) is 79.0 Å². The van der Waals surface area contributed by atoms with E-state index in [9.17, 15) is 14.9 Å². The van der Waals surface area contributed by atoms with Gasteiger partial charge in [-0.15, -0.1) is 0 Å². The van der Waals surface area contributed by atoms with Gasteiger partial charge in [0.2, 0.25) is 0 Å². The molecule has 0 saturated carbocycles. The maximum absolute atomic E-state index is 15.4. The Morgan fingerprint density at radius 3 is 2.45 bits per heavy atom. The summed E-state index contributed by atoms with van der Waals surface area (Å²) in [5.41, 5.74) is 0.961. The van der Waals surface area contributed by atoms with Crippen molar-refractivity contribution in [2.24, 2.45) is 5.41 Å². The SMILES string of the molecule is COc1ccc(C(=O)Nc2cnn3c2C(=O)N(c2ccc(C(F)(F)c4ccccc4)cc2)[C@H]2CN(CC4(C)COC4)C[C@@H]23)cc1C#N. The molecule has 2 atom stereocenters. The fourth-order valence-electron chi connectivity index (χ4n) is 6.82. The number of nitrogens with zero attached hydrogens (tertiary/aromatic N) is 5. The number of hydrogen-bond donors (Lipinski definition) is 1. The Hall–Kier alpha value is -5.12. The maximum atomic E-state index is 15.4. The summed E-state index contributed by atoms with van der Waals surface area (Å²) in [4.78, 5) is 31.6. The lowest BCUT2D eigenvalue weighted by Crippen LogP contribution is -2.52. The van der Waals surface area contributed by atoms with E-state index in [4.69, 9.17) is 9.47 Å². The van der Waals surface area contributed by atoms with Crippen molar-refractivity contribution in [3.05, 3.63) is 107 Å². The molecule has 10 nitrogen and oxygen atoms in total. The van der Waals surface area contributed by atoms with Gasteiger partial charge in [-0.05, 0) is 30.3 Å². The third-order valence-electron chi connectivity index (χ3n) is 9.18. The smallest absolute Gasteiger partial charge is 0.298 e. The summed E-state index contributed by atoms with van der Waals surface area (Å²) in [6.45, 7) is 5.39. The van der Waals surface area contributed by atoms with Crippen molar-refractivity contribution in [1.29, 1.82) is 5.26 Å². The average Bonchev–Trinajstić information content (AvgIpc) is 3.68. The van der Waals surface area contributed by atoms with Crippen LogP contribution >= 0.6 is 0 Å². The molecule has 3 aliphatic heterocycles. The minimum atomic E-state index is -3.22. The fourth-order valence-corrected chi connectivity index (χ4v) is 6.82. The van der Waals surface area contributed by atoms with Gasteiger partial charge in [-0.1, -0.05) is 49.4 Å². The van der Waals surface area contributed by atoms with E-state index in [-0.39, 0.29) is 51.1 Å². The van der Waals surface area contributed by atoms with Crippen molar-refractivity contribution < 1.29 is 27.8 Å². The molecule has 1 aromatic heterocycles. The summed E-state index contributed by atoms with van der Waals surface area (Å²) in [5.74, 6) is -3.82. The van der Waals surface area contributed by atoms with Crippen molar-refractivity contribution >= 4 is 23.2 Å². The molecule has 240 valence electrons. The van der Waals surface area contributed by atoms with Crippen molar-refractivity contribution in [3.63, 3.8) is 0 Å². The summed E-state index contributed by atoms with van der Waals surface area (Å²) in [6, 6.07) is 19.3. The average molecular weight is 639 g/mol. The summed E-state index contributed by atoms with van der Waals surface area (Å²) < 4.78 is 43.1. The highest BCUT2D eigenvalue weighted by Crippen LogP contribution is 2.42. The number of carbonyl (C=O) groups excluding carboxylic acids is 2. The molecule has 0 aliphatic carbocycles. The molecule has 0 spiro atoms. The number of likely N-dealkylation sites (tertiary alicyclic amines) is 1. The highest BCUT2D eigenvalue weighted by Gasteiger charge is 2.49. The molecule has 47 heavy (non-hydrogen) atoms. The first-order valence-corrected chi connectivity index (χ1v) is 15.3. The molecule has 2 amide bonds. The number of anilines is 2. The summed E-state index contributed by atoms with van der Waals surface area (Å²) >= 11 is 0. The second-order valence-electron chi connectivity index (χ2n) is 12.6. The summed E-state index contributed by atoms with van der Waals surface area (Å²) in [7, 11) is 1.44. The number of carbonyl (C=O) groups is 2. The Labute approximate surface area is 270 Å². The summed E-state index contributed by atoms with van der Waals surface area (Å²) in [6.07, 6.45) is 1.45. The molecule has 3 aliphatic rings. The van der Waals surface area contributed by atoms with E-state index in [1.165, 1.54) is 55.8 Å².